The van der Waals surface area contributed by atoms with Crippen molar-refractivity contribution in [2.45, 2.75) is 44.4 Å². The standard InChI is InChI=1S/C23H23Cl2F2N3O3/c1-13-20(15-9-16(24)11-17(25)10-15)30-21(29-13)19(14-3-5-23(26,27)6-4-14)18(12-28-30)22(31)33-8-7-32-2/h9-12,14H,3-8H2,1-2H3. The maximum absolute atomic E-state index is 13.9. The summed E-state index contributed by atoms with van der Waals surface area (Å²) in [4.78, 5) is 17.6. The van der Waals surface area contributed by atoms with Gasteiger partial charge in [0.15, 0.2) is 5.65 Å². The maximum Gasteiger partial charge on any atom is 0.340 e. The Morgan fingerprint density at radius 2 is 1.85 bits per heavy atom. The smallest absolute Gasteiger partial charge is 0.340 e. The first kappa shape index (κ1) is 23.9. The van der Waals surface area contributed by atoms with Crippen molar-refractivity contribution < 1.29 is 23.0 Å². The number of ether oxygens (including phenoxy) is 2. The van der Waals surface area contributed by atoms with Gasteiger partial charge >= 0.3 is 5.97 Å². The van der Waals surface area contributed by atoms with E-state index in [1.165, 1.54) is 13.3 Å². The fraction of sp³-hybridized carbons (Fsp3) is 0.435. The number of aryl methyl sites for hydroxylation is 1. The molecule has 0 saturated heterocycles. The number of rotatable bonds is 6. The minimum absolute atomic E-state index is 0.0718. The zero-order valence-corrected chi connectivity index (χ0v) is 19.7. The molecule has 3 aromatic rings. The Labute approximate surface area is 199 Å². The lowest BCUT2D eigenvalue weighted by molar-refractivity contribution is -0.0382. The van der Waals surface area contributed by atoms with Gasteiger partial charge < -0.3 is 9.47 Å². The van der Waals surface area contributed by atoms with Crippen LogP contribution in [-0.2, 0) is 9.47 Å². The van der Waals surface area contributed by atoms with E-state index >= 15 is 0 Å². The summed E-state index contributed by atoms with van der Waals surface area (Å²) in [6, 6.07) is 5.12. The molecule has 0 unspecified atom stereocenters. The number of carbonyl (C=O) groups excluding carboxylic acids is 1. The highest BCUT2D eigenvalue weighted by Crippen LogP contribution is 2.43. The van der Waals surface area contributed by atoms with Crippen LogP contribution in [0.15, 0.2) is 24.4 Å². The largest absolute Gasteiger partial charge is 0.460 e. The van der Waals surface area contributed by atoms with Gasteiger partial charge in [-0.15, -0.1) is 0 Å². The highest BCUT2D eigenvalue weighted by Gasteiger charge is 2.38. The number of alkyl halides is 2. The quantitative estimate of drug-likeness (QED) is 0.303. The summed E-state index contributed by atoms with van der Waals surface area (Å²) in [5.41, 5.74) is 3.26. The van der Waals surface area contributed by atoms with E-state index in [0.29, 0.717) is 38.2 Å². The molecule has 176 valence electrons. The molecule has 0 atom stereocenters. The summed E-state index contributed by atoms with van der Waals surface area (Å²) in [5.74, 6) is -3.56. The summed E-state index contributed by atoms with van der Waals surface area (Å²) in [5, 5.41) is 5.38. The van der Waals surface area contributed by atoms with E-state index in [9.17, 15) is 13.6 Å². The number of fused-ring (bicyclic) bond motifs is 1. The van der Waals surface area contributed by atoms with Gasteiger partial charge in [-0.25, -0.2) is 23.1 Å². The lowest BCUT2D eigenvalue weighted by Gasteiger charge is -2.29. The van der Waals surface area contributed by atoms with Crippen molar-refractivity contribution in [3.8, 4) is 11.3 Å². The van der Waals surface area contributed by atoms with Crippen LogP contribution in [-0.4, -0.2) is 46.8 Å². The number of esters is 1. The van der Waals surface area contributed by atoms with Crippen LogP contribution in [0.25, 0.3) is 16.9 Å². The monoisotopic (exact) mass is 497 g/mol. The van der Waals surface area contributed by atoms with Crippen molar-refractivity contribution in [3.05, 3.63) is 51.3 Å². The van der Waals surface area contributed by atoms with E-state index < -0.39 is 11.9 Å². The van der Waals surface area contributed by atoms with Crippen LogP contribution in [0.1, 0.15) is 53.2 Å². The van der Waals surface area contributed by atoms with Gasteiger partial charge in [0.05, 0.1) is 29.8 Å². The lowest BCUT2D eigenvalue weighted by atomic mass is 9.81. The van der Waals surface area contributed by atoms with E-state index in [1.54, 1.807) is 22.7 Å². The van der Waals surface area contributed by atoms with Crippen molar-refractivity contribution in [2.75, 3.05) is 20.3 Å². The van der Waals surface area contributed by atoms with Crippen LogP contribution < -0.4 is 0 Å². The number of hydrogen-bond donors (Lipinski definition) is 0. The molecule has 0 amide bonds. The number of hydrogen-bond acceptors (Lipinski definition) is 5. The van der Waals surface area contributed by atoms with Crippen molar-refractivity contribution in [1.82, 2.24) is 14.6 Å². The average Bonchev–Trinajstić information content (AvgIpc) is 3.08. The number of benzene rings is 1. The van der Waals surface area contributed by atoms with Crippen LogP contribution in [0.2, 0.25) is 10.0 Å². The SMILES string of the molecule is COCCOC(=O)c1cnn2c(-c3cc(Cl)cc(Cl)c3)c(C)nc2c1C1CCC(F)(F)CC1. The van der Waals surface area contributed by atoms with Gasteiger partial charge in [-0.1, -0.05) is 23.2 Å². The highest BCUT2D eigenvalue weighted by molar-refractivity contribution is 6.35. The second-order valence-corrected chi connectivity index (χ2v) is 9.04. The molecule has 0 radical (unpaired) electrons. The zero-order valence-electron chi connectivity index (χ0n) is 18.2. The molecular weight excluding hydrogens is 475 g/mol. The summed E-state index contributed by atoms with van der Waals surface area (Å²) in [6.07, 6.45) is 1.38. The summed E-state index contributed by atoms with van der Waals surface area (Å²) >= 11 is 12.4. The van der Waals surface area contributed by atoms with E-state index in [0.717, 1.165) is 0 Å². The van der Waals surface area contributed by atoms with Gasteiger partial charge in [0, 0.05) is 41.1 Å². The van der Waals surface area contributed by atoms with Gasteiger partial charge in [-0.2, -0.15) is 5.10 Å². The predicted molar refractivity (Wildman–Crippen MR) is 121 cm³/mol. The fourth-order valence-electron chi connectivity index (χ4n) is 4.32. The van der Waals surface area contributed by atoms with Gasteiger partial charge in [-0.3, -0.25) is 0 Å². The molecule has 0 aliphatic heterocycles. The molecule has 1 aliphatic rings. The van der Waals surface area contributed by atoms with E-state index in [4.69, 9.17) is 37.7 Å². The lowest BCUT2D eigenvalue weighted by Crippen LogP contribution is -2.25. The molecule has 0 bridgehead atoms. The van der Waals surface area contributed by atoms with Crippen LogP contribution in [0.4, 0.5) is 8.78 Å². The Morgan fingerprint density at radius 1 is 1.18 bits per heavy atom. The topological polar surface area (TPSA) is 65.7 Å². The zero-order chi connectivity index (χ0) is 23.8. The normalized spacial score (nSPS) is 16.3. The molecule has 1 aromatic carbocycles. The molecule has 2 heterocycles. The van der Waals surface area contributed by atoms with Gasteiger partial charge in [-0.05, 0) is 43.9 Å². The fourth-order valence-corrected chi connectivity index (χ4v) is 4.85. The Balaban J connectivity index is 1.86. The molecular formula is C23H23Cl2F2N3O3. The van der Waals surface area contributed by atoms with Gasteiger partial charge in [0.1, 0.15) is 6.61 Å². The highest BCUT2D eigenvalue weighted by atomic mass is 35.5. The van der Waals surface area contributed by atoms with Crippen molar-refractivity contribution in [2.24, 2.45) is 0 Å². The summed E-state index contributed by atoms with van der Waals surface area (Å²) in [6.45, 7) is 2.13. The number of carbonyl (C=O) groups is 1. The van der Waals surface area contributed by atoms with Crippen LogP contribution in [0.3, 0.4) is 0 Å². The first-order valence-electron chi connectivity index (χ1n) is 10.6. The first-order valence-corrected chi connectivity index (χ1v) is 11.3. The molecule has 1 aliphatic carbocycles. The molecule has 4 rings (SSSR count). The first-order chi connectivity index (χ1) is 15.7. The summed E-state index contributed by atoms with van der Waals surface area (Å²) in [7, 11) is 1.51. The van der Waals surface area contributed by atoms with E-state index in [2.05, 4.69) is 5.10 Å². The molecule has 1 saturated carbocycles. The van der Waals surface area contributed by atoms with Gasteiger partial charge in [0.2, 0.25) is 5.92 Å². The number of methoxy groups -OCH3 is 1. The molecule has 6 nitrogen and oxygen atoms in total. The Bertz CT molecular complexity index is 1170. The maximum atomic E-state index is 13.9. The third-order valence-electron chi connectivity index (χ3n) is 5.86. The second kappa shape index (κ2) is 9.52. The third-order valence-corrected chi connectivity index (χ3v) is 6.30. The van der Waals surface area contributed by atoms with Crippen LogP contribution >= 0.6 is 23.2 Å². The van der Waals surface area contributed by atoms with Crippen LogP contribution in [0.5, 0.6) is 0 Å². The van der Waals surface area contributed by atoms with Crippen molar-refractivity contribution in [1.29, 1.82) is 0 Å². The molecule has 10 heteroatoms. The van der Waals surface area contributed by atoms with Crippen molar-refractivity contribution in [3.63, 3.8) is 0 Å². The molecule has 33 heavy (non-hydrogen) atoms. The molecule has 2 aromatic heterocycles. The average molecular weight is 498 g/mol. The Kier molecular flexibility index (Phi) is 6.88. The van der Waals surface area contributed by atoms with E-state index in [-0.39, 0.29) is 50.4 Å². The van der Waals surface area contributed by atoms with Crippen LogP contribution in [0, 0.1) is 6.92 Å². The summed E-state index contributed by atoms with van der Waals surface area (Å²) < 4.78 is 39.6. The Morgan fingerprint density at radius 3 is 2.48 bits per heavy atom. The minimum Gasteiger partial charge on any atom is -0.460 e. The number of aromatic nitrogens is 3. The second-order valence-electron chi connectivity index (χ2n) is 8.17. The predicted octanol–water partition coefficient (Wildman–Crippen LogP) is 6.11. The van der Waals surface area contributed by atoms with Gasteiger partial charge in [0.25, 0.3) is 0 Å². The molecule has 0 N–H and O–H groups in total. The molecule has 0 spiro atoms. The third kappa shape index (κ3) is 4.98. The van der Waals surface area contributed by atoms with E-state index in [1.807, 2.05) is 6.92 Å². The number of nitrogens with zero attached hydrogens (tertiary/aromatic N) is 3. The Hall–Kier alpha value is -2.29. The minimum atomic E-state index is -2.70. The number of halogens is 4. The molecule has 1 fully saturated rings. The number of imidazole rings is 1. The van der Waals surface area contributed by atoms with Crippen molar-refractivity contribution >= 4 is 34.8 Å².